The van der Waals surface area contributed by atoms with E-state index in [-0.39, 0.29) is 19.0 Å². The maximum atomic E-state index is 13.0. The Bertz CT molecular complexity index is 519. The average molecular weight is 278 g/mol. The van der Waals surface area contributed by atoms with Crippen LogP contribution in [0.15, 0.2) is 24.5 Å². The molecule has 2 rings (SSSR count). The van der Waals surface area contributed by atoms with Crippen LogP contribution in [0.25, 0.3) is 0 Å². The number of rotatable bonds is 3. The highest BCUT2D eigenvalue weighted by Crippen LogP contribution is 2.15. The molecule has 18 heavy (non-hydrogen) atoms. The van der Waals surface area contributed by atoms with Crippen molar-refractivity contribution in [3.8, 4) is 0 Å². The molecule has 0 fully saturated rings. The van der Waals surface area contributed by atoms with Crippen LogP contribution < -0.4 is 5.32 Å². The second-order valence-electron chi connectivity index (χ2n) is 3.55. The lowest BCUT2D eigenvalue weighted by Crippen LogP contribution is -2.02. The molecule has 1 aromatic heterocycles. The zero-order chi connectivity index (χ0) is 12.4. The SMILES string of the molecule is CNc1cnn(Cc2cc(F)c(F)c(F)c2)c1.Cl. The van der Waals surface area contributed by atoms with Crippen molar-refractivity contribution in [1.29, 1.82) is 0 Å². The normalized spacial score (nSPS) is 10.0. The minimum Gasteiger partial charge on any atom is -0.386 e. The molecule has 0 saturated heterocycles. The third-order valence-corrected chi connectivity index (χ3v) is 2.31. The molecule has 1 heterocycles. The molecule has 1 N–H and O–H groups in total. The standard InChI is InChI=1S/C11H10F3N3.ClH/c1-15-8-4-16-17(6-8)5-7-2-9(12)11(14)10(13)3-7;/h2-4,6,15H,5H2,1H3;1H. The molecule has 1 aromatic carbocycles. The number of anilines is 1. The lowest BCUT2D eigenvalue weighted by Gasteiger charge is -2.03. The summed E-state index contributed by atoms with van der Waals surface area (Å²) in [6, 6.07) is 1.91. The van der Waals surface area contributed by atoms with Crippen molar-refractivity contribution in [2.45, 2.75) is 6.54 Å². The maximum absolute atomic E-state index is 13.0. The topological polar surface area (TPSA) is 29.9 Å². The highest BCUT2D eigenvalue weighted by molar-refractivity contribution is 5.85. The maximum Gasteiger partial charge on any atom is 0.194 e. The van der Waals surface area contributed by atoms with Crippen molar-refractivity contribution in [3.63, 3.8) is 0 Å². The van der Waals surface area contributed by atoms with Crippen molar-refractivity contribution in [2.24, 2.45) is 0 Å². The van der Waals surface area contributed by atoms with Crippen LogP contribution in [0, 0.1) is 17.5 Å². The molecule has 7 heteroatoms. The van der Waals surface area contributed by atoms with Gasteiger partial charge in [0.2, 0.25) is 0 Å². The van der Waals surface area contributed by atoms with E-state index < -0.39 is 17.5 Å². The van der Waals surface area contributed by atoms with E-state index >= 15 is 0 Å². The first kappa shape index (κ1) is 14.4. The van der Waals surface area contributed by atoms with Crippen molar-refractivity contribution in [3.05, 3.63) is 47.5 Å². The molecule has 0 aliphatic heterocycles. The van der Waals surface area contributed by atoms with Crippen molar-refractivity contribution in [2.75, 3.05) is 12.4 Å². The van der Waals surface area contributed by atoms with E-state index in [1.54, 1.807) is 19.4 Å². The molecule has 2 aromatic rings. The minimum atomic E-state index is -1.45. The number of halogens is 4. The van der Waals surface area contributed by atoms with E-state index in [0.29, 0.717) is 5.56 Å². The van der Waals surface area contributed by atoms with Crippen LogP contribution in [0.2, 0.25) is 0 Å². The summed E-state index contributed by atoms with van der Waals surface area (Å²) in [6.45, 7) is 0.176. The summed E-state index contributed by atoms with van der Waals surface area (Å²) in [5.74, 6) is -3.84. The molecule has 98 valence electrons. The van der Waals surface area contributed by atoms with Gasteiger partial charge in [-0.3, -0.25) is 4.68 Å². The number of aromatic nitrogens is 2. The number of hydrogen-bond acceptors (Lipinski definition) is 2. The van der Waals surface area contributed by atoms with E-state index in [0.717, 1.165) is 17.8 Å². The predicted octanol–water partition coefficient (Wildman–Crippen LogP) is 2.81. The Hall–Kier alpha value is -1.69. The summed E-state index contributed by atoms with van der Waals surface area (Å²) < 4.78 is 40.1. The number of benzene rings is 1. The van der Waals surface area contributed by atoms with Crippen molar-refractivity contribution >= 4 is 18.1 Å². The molecule has 0 amide bonds. The predicted molar refractivity (Wildman–Crippen MR) is 64.4 cm³/mol. The Morgan fingerprint density at radius 1 is 1.22 bits per heavy atom. The monoisotopic (exact) mass is 277 g/mol. The molecular weight excluding hydrogens is 267 g/mol. The molecule has 0 radical (unpaired) electrons. The largest absolute Gasteiger partial charge is 0.386 e. The summed E-state index contributed by atoms with van der Waals surface area (Å²) in [4.78, 5) is 0. The van der Waals surface area contributed by atoms with Gasteiger partial charge in [0.15, 0.2) is 17.5 Å². The zero-order valence-corrected chi connectivity index (χ0v) is 10.3. The third-order valence-electron chi connectivity index (χ3n) is 2.31. The molecule has 3 nitrogen and oxygen atoms in total. The fraction of sp³-hybridized carbons (Fsp3) is 0.182. The summed E-state index contributed by atoms with van der Waals surface area (Å²) in [5.41, 5.74) is 1.10. The Labute approximate surface area is 108 Å². The smallest absolute Gasteiger partial charge is 0.194 e. The van der Waals surface area contributed by atoms with Crippen LogP contribution in [0.1, 0.15) is 5.56 Å². The second kappa shape index (κ2) is 5.77. The van der Waals surface area contributed by atoms with Gasteiger partial charge in [-0.1, -0.05) is 0 Å². The van der Waals surface area contributed by atoms with Gasteiger partial charge in [0.05, 0.1) is 18.4 Å². The van der Waals surface area contributed by atoms with E-state index in [1.165, 1.54) is 4.68 Å². The highest BCUT2D eigenvalue weighted by atomic mass is 35.5. The van der Waals surface area contributed by atoms with Crippen LogP contribution in [0.3, 0.4) is 0 Å². The first-order chi connectivity index (χ1) is 8.10. The third kappa shape index (κ3) is 2.95. The summed E-state index contributed by atoms with van der Waals surface area (Å²) in [5, 5.41) is 6.85. The first-order valence-electron chi connectivity index (χ1n) is 4.94. The molecule has 0 unspecified atom stereocenters. The summed E-state index contributed by atoms with van der Waals surface area (Å²) in [7, 11) is 1.73. The molecule has 0 aliphatic carbocycles. The van der Waals surface area contributed by atoms with Crippen molar-refractivity contribution < 1.29 is 13.2 Å². The Balaban J connectivity index is 0.00000162. The van der Waals surface area contributed by atoms with Gasteiger partial charge >= 0.3 is 0 Å². The van der Waals surface area contributed by atoms with Gasteiger partial charge in [-0.15, -0.1) is 12.4 Å². The molecule has 0 aliphatic rings. The number of nitrogens with one attached hydrogen (secondary N) is 1. The molecule has 0 saturated carbocycles. The first-order valence-corrected chi connectivity index (χ1v) is 4.94. The van der Waals surface area contributed by atoms with Crippen LogP contribution in [0.4, 0.5) is 18.9 Å². The molecule has 0 atom stereocenters. The van der Waals surface area contributed by atoms with Crippen LogP contribution in [-0.4, -0.2) is 16.8 Å². The Morgan fingerprint density at radius 2 is 1.83 bits per heavy atom. The second-order valence-corrected chi connectivity index (χ2v) is 3.55. The van der Waals surface area contributed by atoms with Crippen molar-refractivity contribution in [1.82, 2.24) is 9.78 Å². The van der Waals surface area contributed by atoms with E-state index in [9.17, 15) is 13.2 Å². The molecule has 0 bridgehead atoms. The fourth-order valence-corrected chi connectivity index (χ4v) is 1.47. The van der Waals surface area contributed by atoms with Gasteiger partial charge in [-0.25, -0.2) is 13.2 Å². The van der Waals surface area contributed by atoms with Gasteiger partial charge in [0.1, 0.15) is 0 Å². The lowest BCUT2D eigenvalue weighted by molar-refractivity contribution is 0.444. The van der Waals surface area contributed by atoms with Crippen LogP contribution in [-0.2, 0) is 6.54 Å². The fourth-order valence-electron chi connectivity index (χ4n) is 1.47. The molecule has 0 spiro atoms. The van der Waals surface area contributed by atoms with Gasteiger partial charge in [0, 0.05) is 13.2 Å². The summed E-state index contributed by atoms with van der Waals surface area (Å²) >= 11 is 0. The number of hydrogen-bond donors (Lipinski definition) is 1. The number of nitrogens with zero attached hydrogens (tertiary/aromatic N) is 2. The van der Waals surface area contributed by atoms with Crippen LogP contribution >= 0.6 is 12.4 Å². The minimum absolute atomic E-state index is 0. The van der Waals surface area contributed by atoms with E-state index in [4.69, 9.17) is 0 Å². The van der Waals surface area contributed by atoms with Gasteiger partial charge in [0.25, 0.3) is 0 Å². The van der Waals surface area contributed by atoms with Crippen LogP contribution in [0.5, 0.6) is 0 Å². The Morgan fingerprint density at radius 3 is 2.33 bits per heavy atom. The highest BCUT2D eigenvalue weighted by Gasteiger charge is 2.10. The van der Waals surface area contributed by atoms with Gasteiger partial charge < -0.3 is 5.32 Å². The lowest BCUT2D eigenvalue weighted by atomic mass is 10.2. The van der Waals surface area contributed by atoms with Gasteiger partial charge in [-0.2, -0.15) is 5.10 Å². The van der Waals surface area contributed by atoms with E-state index in [1.807, 2.05) is 0 Å². The zero-order valence-electron chi connectivity index (χ0n) is 9.45. The van der Waals surface area contributed by atoms with E-state index in [2.05, 4.69) is 10.4 Å². The summed E-state index contributed by atoms with van der Waals surface area (Å²) in [6.07, 6.45) is 3.26. The Kier molecular flexibility index (Phi) is 4.61. The van der Waals surface area contributed by atoms with Gasteiger partial charge in [-0.05, 0) is 17.7 Å². The molecular formula is C11H11ClF3N3. The average Bonchev–Trinajstić information content (AvgIpc) is 2.73. The quantitative estimate of drug-likeness (QED) is 0.875.